The number of sulfonamides is 1. The largest absolute Gasteiger partial charge is 0.487 e. The van der Waals surface area contributed by atoms with Crippen LogP contribution in [-0.2, 0) is 23.7 Å². The lowest BCUT2D eigenvalue weighted by atomic mass is 10.2. The van der Waals surface area contributed by atoms with Gasteiger partial charge < -0.3 is 4.74 Å². The van der Waals surface area contributed by atoms with Gasteiger partial charge in [-0.25, -0.2) is 13.6 Å². The lowest BCUT2D eigenvalue weighted by Crippen LogP contribution is -2.14. The van der Waals surface area contributed by atoms with Crippen LogP contribution in [0.15, 0.2) is 35.5 Å². The fourth-order valence-electron chi connectivity index (χ4n) is 1.66. The molecule has 0 radical (unpaired) electrons. The van der Waals surface area contributed by atoms with Gasteiger partial charge in [0.25, 0.3) is 0 Å². The molecule has 19 heavy (non-hydrogen) atoms. The Morgan fingerprint density at radius 2 is 2.16 bits per heavy atom. The molecule has 0 spiro atoms. The van der Waals surface area contributed by atoms with Crippen molar-refractivity contribution in [3.8, 4) is 5.75 Å². The van der Waals surface area contributed by atoms with Crippen LogP contribution in [0.2, 0.25) is 0 Å². The Kier molecular flexibility index (Phi) is 3.59. The van der Waals surface area contributed by atoms with Crippen LogP contribution in [0, 0.1) is 6.92 Å². The van der Waals surface area contributed by atoms with Crippen molar-refractivity contribution in [2.75, 3.05) is 0 Å². The van der Waals surface area contributed by atoms with E-state index in [1.165, 1.54) is 6.07 Å². The Bertz CT molecular complexity index is 692. The second kappa shape index (κ2) is 5.02. The molecule has 0 saturated carbocycles. The van der Waals surface area contributed by atoms with Gasteiger partial charge in [-0.05, 0) is 24.6 Å². The molecule has 0 bridgehead atoms. The lowest BCUT2D eigenvalue weighted by Gasteiger charge is -2.10. The molecule has 0 saturated heterocycles. The summed E-state index contributed by atoms with van der Waals surface area (Å²) in [6.07, 6.45) is 3.45. The summed E-state index contributed by atoms with van der Waals surface area (Å²) in [7, 11) is -2.00. The highest BCUT2D eigenvalue weighted by Crippen LogP contribution is 2.24. The Morgan fingerprint density at radius 1 is 1.42 bits per heavy atom. The molecule has 2 N–H and O–H groups in total. The summed E-state index contributed by atoms with van der Waals surface area (Å²) < 4.78 is 30.2. The summed E-state index contributed by atoms with van der Waals surface area (Å²) in [5.74, 6) is 0.247. The third kappa shape index (κ3) is 3.33. The molecule has 0 fully saturated rings. The van der Waals surface area contributed by atoms with Crippen LogP contribution in [0.5, 0.6) is 5.75 Å². The normalized spacial score (nSPS) is 11.5. The van der Waals surface area contributed by atoms with Crippen molar-refractivity contribution >= 4 is 10.0 Å². The SMILES string of the molecule is Cc1ccc(OCc2cnn(C)c2)c(S(N)(=O)=O)c1. The minimum atomic E-state index is -3.80. The number of aromatic nitrogens is 2. The molecule has 0 aliphatic carbocycles. The molecule has 0 aliphatic rings. The molecule has 2 aromatic rings. The Balaban J connectivity index is 2.25. The molecule has 1 aromatic heterocycles. The van der Waals surface area contributed by atoms with Gasteiger partial charge in [0.1, 0.15) is 17.3 Å². The maximum Gasteiger partial charge on any atom is 0.241 e. The number of hydrogen-bond acceptors (Lipinski definition) is 4. The number of aryl methyl sites for hydroxylation is 2. The third-order valence-corrected chi connectivity index (χ3v) is 3.49. The molecule has 0 atom stereocenters. The van der Waals surface area contributed by atoms with E-state index in [9.17, 15) is 8.42 Å². The van der Waals surface area contributed by atoms with Crippen molar-refractivity contribution in [2.24, 2.45) is 12.2 Å². The first kappa shape index (κ1) is 13.6. The highest BCUT2D eigenvalue weighted by Gasteiger charge is 2.15. The second-order valence-electron chi connectivity index (χ2n) is 4.31. The number of hydrogen-bond donors (Lipinski definition) is 1. The smallest absolute Gasteiger partial charge is 0.241 e. The van der Waals surface area contributed by atoms with Gasteiger partial charge >= 0.3 is 0 Å². The molecule has 2 rings (SSSR count). The Labute approximate surface area is 111 Å². The average molecular weight is 281 g/mol. The number of primary sulfonamides is 1. The van der Waals surface area contributed by atoms with Crippen molar-refractivity contribution in [1.29, 1.82) is 0 Å². The van der Waals surface area contributed by atoms with Gasteiger partial charge in [0.05, 0.1) is 6.20 Å². The van der Waals surface area contributed by atoms with E-state index in [2.05, 4.69) is 5.10 Å². The first-order valence-corrected chi connectivity index (χ1v) is 7.14. The van der Waals surface area contributed by atoms with Gasteiger partial charge in [0, 0.05) is 18.8 Å². The van der Waals surface area contributed by atoms with Crippen molar-refractivity contribution in [3.05, 3.63) is 41.7 Å². The van der Waals surface area contributed by atoms with Crippen LogP contribution in [0.3, 0.4) is 0 Å². The summed E-state index contributed by atoms with van der Waals surface area (Å²) in [5.41, 5.74) is 1.65. The first-order valence-electron chi connectivity index (χ1n) is 5.60. The lowest BCUT2D eigenvalue weighted by molar-refractivity contribution is 0.298. The second-order valence-corrected chi connectivity index (χ2v) is 5.84. The van der Waals surface area contributed by atoms with Crippen LogP contribution < -0.4 is 9.88 Å². The van der Waals surface area contributed by atoms with E-state index in [0.717, 1.165) is 11.1 Å². The van der Waals surface area contributed by atoms with Gasteiger partial charge in [-0.1, -0.05) is 6.07 Å². The Hall–Kier alpha value is -1.86. The van der Waals surface area contributed by atoms with Gasteiger partial charge in [0.15, 0.2) is 0 Å². The minimum absolute atomic E-state index is 0.00334. The van der Waals surface area contributed by atoms with Crippen LogP contribution >= 0.6 is 0 Å². The maximum atomic E-state index is 11.5. The Morgan fingerprint density at radius 3 is 2.74 bits per heavy atom. The fraction of sp³-hybridized carbons (Fsp3) is 0.250. The number of benzene rings is 1. The monoisotopic (exact) mass is 281 g/mol. The molecular weight excluding hydrogens is 266 g/mol. The van der Waals surface area contributed by atoms with Crippen molar-refractivity contribution < 1.29 is 13.2 Å². The molecule has 6 nitrogen and oxygen atoms in total. The van der Waals surface area contributed by atoms with Crippen LogP contribution in [-0.4, -0.2) is 18.2 Å². The van der Waals surface area contributed by atoms with Crippen LogP contribution in [0.4, 0.5) is 0 Å². The standard InChI is InChI=1S/C12H15N3O3S/c1-9-3-4-11(12(5-9)19(13,16)17)18-8-10-6-14-15(2)7-10/h3-7H,8H2,1-2H3,(H2,13,16,17). The van der Waals surface area contributed by atoms with Crippen LogP contribution in [0.25, 0.3) is 0 Å². The predicted molar refractivity (Wildman–Crippen MR) is 70.1 cm³/mol. The number of nitrogens with two attached hydrogens (primary N) is 1. The third-order valence-electron chi connectivity index (χ3n) is 2.56. The van der Waals surface area contributed by atoms with Crippen molar-refractivity contribution in [1.82, 2.24) is 9.78 Å². The molecule has 1 aromatic carbocycles. The summed E-state index contributed by atoms with van der Waals surface area (Å²) in [6.45, 7) is 2.03. The summed E-state index contributed by atoms with van der Waals surface area (Å²) >= 11 is 0. The quantitative estimate of drug-likeness (QED) is 0.904. The van der Waals surface area contributed by atoms with E-state index in [4.69, 9.17) is 9.88 Å². The van der Waals surface area contributed by atoms with Gasteiger partial charge in [-0.3, -0.25) is 4.68 Å². The fourth-order valence-corrected chi connectivity index (χ4v) is 2.42. The van der Waals surface area contributed by atoms with Gasteiger partial charge in [-0.15, -0.1) is 0 Å². The summed E-state index contributed by atoms with van der Waals surface area (Å²) in [6, 6.07) is 4.87. The van der Waals surface area contributed by atoms with E-state index >= 15 is 0 Å². The number of rotatable bonds is 4. The minimum Gasteiger partial charge on any atom is -0.487 e. The van der Waals surface area contributed by atoms with E-state index in [1.807, 2.05) is 0 Å². The molecule has 0 aliphatic heterocycles. The van der Waals surface area contributed by atoms with E-state index in [0.29, 0.717) is 0 Å². The zero-order chi connectivity index (χ0) is 14.0. The molecule has 102 valence electrons. The zero-order valence-electron chi connectivity index (χ0n) is 10.7. The van der Waals surface area contributed by atoms with E-state index < -0.39 is 10.0 Å². The van der Waals surface area contributed by atoms with Crippen molar-refractivity contribution in [2.45, 2.75) is 18.4 Å². The summed E-state index contributed by atoms with van der Waals surface area (Å²) in [4.78, 5) is -0.00334. The van der Waals surface area contributed by atoms with Crippen LogP contribution in [0.1, 0.15) is 11.1 Å². The number of ether oxygens (including phenoxy) is 1. The predicted octanol–water partition coefficient (Wildman–Crippen LogP) is 0.955. The molecule has 0 unspecified atom stereocenters. The van der Waals surface area contributed by atoms with Gasteiger partial charge in [-0.2, -0.15) is 5.10 Å². The topological polar surface area (TPSA) is 87.2 Å². The highest BCUT2D eigenvalue weighted by molar-refractivity contribution is 7.89. The van der Waals surface area contributed by atoms with Crippen molar-refractivity contribution in [3.63, 3.8) is 0 Å². The molecular formula is C12H15N3O3S. The number of nitrogens with zero attached hydrogens (tertiary/aromatic N) is 2. The zero-order valence-corrected chi connectivity index (χ0v) is 11.5. The van der Waals surface area contributed by atoms with Gasteiger partial charge in [0.2, 0.25) is 10.0 Å². The molecule has 1 heterocycles. The highest BCUT2D eigenvalue weighted by atomic mass is 32.2. The first-order chi connectivity index (χ1) is 8.86. The molecule has 0 amide bonds. The summed E-state index contributed by atoms with van der Waals surface area (Å²) in [5, 5.41) is 9.18. The van der Waals surface area contributed by atoms with E-state index in [1.54, 1.807) is 43.2 Å². The van der Waals surface area contributed by atoms with E-state index in [-0.39, 0.29) is 17.3 Å². The molecule has 7 heteroatoms. The maximum absolute atomic E-state index is 11.5. The average Bonchev–Trinajstić information content (AvgIpc) is 2.72.